The van der Waals surface area contributed by atoms with Gasteiger partial charge in [0.2, 0.25) is 0 Å². The SMILES string of the molecule is CN(C)S(=O)(=O)Nc1ccc(Nc2ccc(F)cc2)cn1. The van der Waals surface area contributed by atoms with Crippen LogP contribution in [0.1, 0.15) is 0 Å². The van der Waals surface area contributed by atoms with Gasteiger partial charge in [-0.15, -0.1) is 0 Å². The smallest absolute Gasteiger partial charge is 0.302 e. The molecule has 0 fully saturated rings. The second kappa shape index (κ2) is 6.06. The molecule has 6 nitrogen and oxygen atoms in total. The van der Waals surface area contributed by atoms with Gasteiger partial charge in [-0.1, -0.05) is 0 Å². The fraction of sp³-hybridized carbons (Fsp3) is 0.154. The largest absolute Gasteiger partial charge is 0.354 e. The van der Waals surface area contributed by atoms with Gasteiger partial charge in [-0.05, 0) is 36.4 Å². The van der Waals surface area contributed by atoms with E-state index in [1.807, 2.05) is 0 Å². The van der Waals surface area contributed by atoms with Crippen LogP contribution in [0.15, 0.2) is 42.6 Å². The molecule has 2 rings (SSSR count). The molecular formula is C13H15FN4O2S. The molecule has 0 bridgehead atoms. The molecule has 112 valence electrons. The van der Waals surface area contributed by atoms with Crippen molar-refractivity contribution in [2.45, 2.75) is 0 Å². The zero-order valence-corrected chi connectivity index (χ0v) is 12.4. The topological polar surface area (TPSA) is 74.3 Å². The Kier molecular flexibility index (Phi) is 4.39. The predicted octanol–water partition coefficient (Wildman–Crippen LogP) is 2.18. The summed E-state index contributed by atoms with van der Waals surface area (Å²) in [5, 5.41) is 3.03. The Labute approximate surface area is 122 Å². The molecule has 8 heteroatoms. The molecule has 0 aliphatic rings. The molecule has 1 aromatic carbocycles. The minimum atomic E-state index is -3.57. The number of hydrogen-bond donors (Lipinski definition) is 2. The maximum absolute atomic E-state index is 12.8. The van der Waals surface area contributed by atoms with E-state index in [0.29, 0.717) is 11.4 Å². The van der Waals surface area contributed by atoms with E-state index in [1.54, 1.807) is 18.2 Å². The van der Waals surface area contributed by atoms with Crippen molar-refractivity contribution < 1.29 is 12.8 Å². The molecule has 0 saturated carbocycles. The van der Waals surface area contributed by atoms with Crippen LogP contribution in [0, 0.1) is 5.82 Å². The first-order valence-electron chi connectivity index (χ1n) is 6.06. The first-order valence-corrected chi connectivity index (χ1v) is 7.50. The van der Waals surface area contributed by atoms with Gasteiger partial charge < -0.3 is 5.32 Å². The van der Waals surface area contributed by atoms with Crippen LogP contribution in [0.2, 0.25) is 0 Å². The molecule has 21 heavy (non-hydrogen) atoms. The summed E-state index contributed by atoms with van der Waals surface area (Å²) in [5.74, 6) is -0.0968. The monoisotopic (exact) mass is 310 g/mol. The Morgan fingerprint density at radius 2 is 1.67 bits per heavy atom. The van der Waals surface area contributed by atoms with Crippen LogP contribution < -0.4 is 10.0 Å². The molecule has 0 saturated heterocycles. The summed E-state index contributed by atoms with van der Waals surface area (Å²) < 4.78 is 39.4. The second-order valence-corrected chi connectivity index (χ2v) is 6.34. The molecule has 0 aliphatic heterocycles. The van der Waals surface area contributed by atoms with E-state index in [0.717, 1.165) is 4.31 Å². The third-order valence-corrected chi connectivity index (χ3v) is 4.04. The highest BCUT2D eigenvalue weighted by Crippen LogP contribution is 2.17. The van der Waals surface area contributed by atoms with Gasteiger partial charge in [-0.3, -0.25) is 4.72 Å². The van der Waals surface area contributed by atoms with Gasteiger partial charge >= 0.3 is 10.2 Å². The Morgan fingerprint density at radius 1 is 1.05 bits per heavy atom. The van der Waals surface area contributed by atoms with Crippen molar-refractivity contribution in [3.8, 4) is 0 Å². The van der Waals surface area contributed by atoms with Gasteiger partial charge in [0, 0.05) is 19.8 Å². The molecule has 0 atom stereocenters. The summed E-state index contributed by atoms with van der Waals surface area (Å²) in [6, 6.07) is 9.08. The summed E-state index contributed by atoms with van der Waals surface area (Å²) in [6.07, 6.45) is 1.48. The number of nitrogens with zero attached hydrogens (tertiary/aromatic N) is 2. The van der Waals surface area contributed by atoms with Crippen LogP contribution in [0.4, 0.5) is 21.6 Å². The molecule has 0 spiro atoms. The van der Waals surface area contributed by atoms with Crippen molar-refractivity contribution in [2.75, 3.05) is 24.1 Å². The normalized spacial score (nSPS) is 11.4. The van der Waals surface area contributed by atoms with E-state index >= 15 is 0 Å². The van der Waals surface area contributed by atoms with Crippen LogP contribution in [0.25, 0.3) is 0 Å². The van der Waals surface area contributed by atoms with E-state index in [9.17, 15) is 12.8 Å². The lowest BCUT2D eigenvalue weighted by Gasteiger charge is -2.13. The minimum Gasteiger partial charge on any atom is -0.354 e. The number of hydrogen-bond acceptors (Lipinski definition) is 4. The average Bonchev–Trinajstić information content (AvgIpc) is 2.43. The van der Waals surface area contributed by atoms with Crippen molar-refractivity contribution in [2.24, 2.45) is 0 Å². The van der Waals surface area contributed by atoms with Gasteiger partial charge in [-0.25, -0.2) is 9.37 Å². The summed E-state index contributed by atoms with van der Waals surface area (Å²) >= 11 is 0. The van der Waals surface area contributed by atoms with Crippen molar-refractivity contribution in [1.29, 1.82) is 0 Å². The van der Waals surface area contributed by atoms with Gasteiger partial charge in [0.1, 0.15) is 11.6 Å². The number of anilines is 3. The quantitative estimate of drug-likeness (QED) is 0.887. The molecule has 0 aliphatic carbocycles. The third kappa shape index (κ3) is 4.14. The molecule has 0 radical (unpaired) electrons. The number of nitrogens with one attached hydrogen (secondary N) is 2. The van der Waals surface area contributed by atoms with Crippen LogP contribution in [-0.4, -0.2) is 31.8 Å². The fourth-order valence-electron chi connectivity index (χ4n) is 1.45. The summed E-state index contributed by atoms with van der Waals surface area (Å²) in [6.45, 7) is 0. The van der Waals surface area contributed by atoms with Crippen molar-refractivity contribution in [3.63, 3.8) is 0 Å². The zero-order valence-electron chi connectivity index (χ0n) is 11.5. The summed E-state index contributed by atoms with van der Waals surface area (Å²) in [5.41, 5.74) is 1.37. The Balaban J connectivity index is 2.07. The molecule has 0 unspecified atom stereocenters. The maximum atomic E-state index is 12.8. The first-order chi connectivity index (χ1) is 9.87. The minimum absolute atomic E-state index is 0.216. The standard InChI is InChI=1S/C13H15FN4O2S/c1-18(2)21(19,20)17-13-8-7-12(9-15-13)16-11-5-3-10(14)4-6-11/h3-9,16H,1-2H3,(H,15,17). The van der Waals surface area contributed by atoms with E-state index in [1.165, 1.54) is 38.5 Å². The molecule has 1 heterocycles. The van der Waals surface area contributed by atoms with Gasteiger partial charge in [0.25, 0.3) is 0 Å². The fourth-order valence-corrected chi connectivity index (χ4v) is 2.02. The first kappa shape index (κ1) is 15.2. The number of pyridine rings is 1. The van der Waals surface area contributed by atoms with E-state index in [-0.39, 0.29) is 11.6 Å². The van der Waals surface area contributed by atoms with Crippen LogP contribution in [-0.2, 0) is 10.2 Å². The number of aromatic nitrogens is 1. The van der Waals surface area contributed by atoms with Crippen molar-refractivity contribution in [3.05, 3.63) is 48.4 Å². The molecule has 2 N–H and O–H groups in total. The average molecular weight is 310 g/mol. The summed E-state index contributed by atoms with van der Waals surface area (Å²) in [4.78, 5) is 4.01. The van der Waals surface area contributed by atoms with Gasteiger partial charge in [0.05, 0.1) is 11.9 Å². The highest BCUT2D eigenvalue weighted by molar-refractivity contribution is 7.90. The zero-order chi connectivity index (χ0) is 15.5. The van der Waals surface area contributed by atoms with Crippen LogP contribution in [0.5, 0.6) is 0 Å². The molecule has 0 amide bonds. The predicted molar refractivity (Wildman–Crippen MR) is 80.1 cm³/mol. The van der Waals surface area contributed by atoms with E-state index in [4.69, 9.17) is 0 Å². The Bertz CT molecular complexity index is 700. The van der Waals surface area contributed by atoms with Gasteiger partial charge in [-0.2, -0.15) is 12.7 Å². The second-order valence-electron chi connectivity index (χ2n) is 4.45. The lowest BCUT2D eigenvalue weighted by molar-refractivity contribution is 0.526. The Morgan fingerprint density at radius 3 is 2.19 bits per heavy atom. The molecule has 2 aromatic rings. The number of halogens is 1. The van der Waals surface area contributed by atoms with E-state index < -0.39 is 10.2 Å². The lowest BCUT2D eigenvalue weighted by Crippen LogP contribution is -2.29. The van der Waals surface area contributed by atoms with Crippen LogP contribution >= 0.6 is 0 Å². The van der Waals surface area contributed by atoms with Crippen LogP contribution in [0.3, 0.4) is 0 Å². The molecular weight excluding hydrogens is 295 g/mol. The number of rotatable bonds is 5. The highest BCUT2D eigenvalue weighted by Gasteiger charge is 2.13. The Hall–Kier alpha value is -2.19. The lowest BCUT2D eigenvalue weighted by atomic mass is 10.3. The number of benzene rings is 1. The third-order valence-electron chi connectivity index (χ3n) is 2.61. The van der Waals surface area contributed by atoms with Gasteiger partial charge in [0.15, 0.2) is 0 Å². The van der Waals surface area contributed by atoms with E-state index in [2.05, 4.69) is 15.0 Å². The summed E-state index contributed by atoms with van der Waals surface area (Å²) in [7, 11) is -0.722. The van der Waals surface area contributed by atoms with Crippen molar-refractivity contribution >= 4 is 27.4 Å². The van der Waals surface area contributed by atoms with Crippen molar-refractivity contribution in [1.82, 2.24) is 9.29 Å². The highest BCUT2D eigenvalue weighted by atomic mass is 32.2. The maximum Gasteiger partial charge on any atom is 0.302 e. The molecule has 1 aromatic heterocycles.